The highest BCUT2D eigenvalue weighted by Crippen LogP contribution is 2.17. The number of anilines is 1. The summed E-state index contributed by atoms with van der Waals surface area (Å²) in [6, 6.07) is 5.49. The van der Waals surface area contributed by atoms with Gasteiger partial charge in [0.25, 0.3) is 5.91 Å². The SMILES string of the molecule is CCc1cnc(CNC(=O)c2ccc(C)cc2NN)s1. The lowest BCUT2D eigenvalue weighted by atomic mass is 10.1. The molecule has 0 saturated carbocycles. The lowest BCUT2D eigenvalue weighted by Gasteiger charge is -2.09. The van der Waals surface area contributed by atoms with E-state index < -0.39 is 0 Å². The van der Waals surface area contributed by atoms with Gasteiger partial charge < -0.3 is 10.7 Å². The number of nitrogens with two attached hydrogens (primary N) is 1. The van der Waals surface area contributed by atoms with Crippen LogP contribution in [0.25, 0.3) is 0 Å². The first kappa shape index (κ1) is 14.5. The Kier molecular flexibility index (Phi) is 4.70. The quantitative estimate of drug-likeness (QED) is 0.583. The van der Waals surface area contributed by atoms with Crippen LogP contribution < -0.4 is 16.6 Å². The van der Waals surface area contributed by atoms with Gasteiger partial charge in [-0.3, -0.25) is 10.6 Å². The summed E-state index contributed by atoms with van der Waals surface area (Å²) < 4.78 is 0. The molecule has 4 N–H and O–H groups in total. The van der Waals surface area contributed by atoms with E-state index in [-0.39, 0.29) is 5.91 Å². The van der Waals surface area contributed by atoms with Crippen molar-refractivity contribution in [3.8, 4) is 0 Å². The molecule has 0 unspecified atom stereocenters. The van der Waals surface area contributed by atoms with Crippen molar-refractivity contribution >= 4 is 22.9 Å². The van der Waals surface area contributed by atoms with Gasteiger partial charge in [0, 0.05) is 11.1 Å². The predicted octanol–water partition coefficient (Wildman–Crippen LogP) is 2.23. The van der Waals surface area contributed by atoms with Crippen molar-refractivity contribution in [1.82, 2.24) is 10.3 Å². The third-order valence-corrected chi connectivity index (χ3v) is 4.07. The van der Waals surface area contributed by atoms with Crippen LogP contribution in [-0.4, -0.2) is 10.9 Å². The van der Waals surface area contributed by atoms with E-state index in [0.29, 0.717) is 17.8 Å². The number of aryl methyl sites for hydroxylation is 2. The van der Waals surface area contributed by atoms with Crippen LogP contribution in [0, 0.1) is 6.92 Å². The van der Waals surface area contributed by atoms with Crippen LogP contribution in [0.4, 0.5) is 5.69 Å². The van der Waals surface area contributed by atoms with Crippen LogP contribution in [-0.2, 0) is 13.0 Å². The normalized spacial score (nSPS) is 10.3. The Hall–Kier alpha value is -1.92. The van der Waals surface area contributed by atoms with Crippen molar-refractivity contribution in [2.45, 2.75) is 26.8 Å². The van der Waals surface area contributed by atoms with E-state index in [0.717, 1.165) is 17.0 Å². The van der Waals surface area contributed by atoms with Crippen LogP contribution in [0.15, 0.2) is 24.4 Å². The summed E-state index contributed by atoms with van der Waals surface area (Å²) >= 11 is 1.62. The summed E-state index contributed by atoms with van der Waals surface area (Å²) in [5.41, 5.74) is 4.75. The van der Waals surface area contributed by atoms with Gasteiger partial charge in [-0.2, -0.15) is 0 Å². The number of nitrogens with zero attached hydrogens (tertiary/aromatic N) is 1. The molecule has 6 heteroatoms. The lowest BCUT2D eigenvalue weighted by Crippen LogP contribution is -2.24. The minimum absolute atomic E-state index is 0.161. The van der Waals surface area contributed by atoms with Gasteiger partial charge in [-0.1, -0.05) is 13.0 Å². The maximum atomic E-state index is 12.2. The number of carbonyl (C=O) groups is 1. The largest absolute Gasteiger partial charge is 0.345 e. The number of nitrogen functional groups attached to an aromatic ring is 1. The minimum Gasteiger partial charge on any atom is -0.345 e. The van der Waals surface area contributed by atoms with Gasteiger partial charge in [-0.25, -0.2) is 4.98 Å². The van der Waals surface area contributed by atoms with Gasteiger partial charge in [0.05, 0.1) is 17.8 Å². The highest BCUT2D eigenvalue weighted by molar-refractivity contribution is 7.11. The zero-order chi connectivity index (χ0) is 14.5. The Morgan fingerprint density at radius 1 is 1.45 bits per heavy atom. The minimum atomic E-state index is -0.161. The number of rotatable bonds is 5. The average Bonchev–Trinajstić information content (AvgIpc) is 2.92. The fraction of sp³-hybridized carbons (Fsp3) is 0.286. The molecule has 1 aromatic carbocycles. The zero-order valence-electron chi connectivity index (χ0n) is 11.6. The Morgan fingerprint density at radius 3 is 2.90 bits per heavy atom. The second kappa shape index (κ2) is 6.49. The number of amides is 1. The van der Waals surface area contributed by atoms with Crippen LogP contribution in [0.2, 0.25) is 0 Å². The summed E-state index contributed by atoms with van der Waals surface area (Å²) in [4.78, 5) is 17.6. The van der Waals surface area contributed by atoms with Gasteiger partial charge >= 0.3 is 0 Å². The summed E-state index contributed by atoms with van der Waals surface area (Å²) in [6.45, 7) is 4.47. The maximum Gasteiger partial charge on any atom is 0.253 e. The summed E-state index contributed by atoms with van der Waals surface area (Å²) in [5, 5.41) is 3.77. The fourth-order valence-electron chi connectivity index (χ4n) is 1.82. The van der Waals surface area contributed by atoms with Gasteiger partial charge in [0.1, 0.15) is 5.01 Å². The molecular weight excluding hydrogens is 272 g/mol. The molecule has 0 spiro atoms. The zero-order valence-corrected chi connectivity index (χ0v) is 12.4. The van der Waals surface area contributed by atoms with E-state index in [4.69, 9.17) is 5.84 Å². The van der Waals surface area contributed by atoms with Crippen molar-refractivity contribution in [3.63, 3.8) is 0 Å². The first-order valence-electron chi connectivity index (χ1n) is 6.43. The van der Waals surface area contributed by atoms with Crippen LogP contribution in [0.3, 0.4) is 0 Å². The summed E-state index contributed by atoms with van der Waals surface area (Å²) in [7, 11) is 0. The Bertz CT molecular complexity index is 609. The smallest absolute Gasteiger partial charge is 0.253 e. The van der Waals surface area contributed by atoms with E-state index in [1.807, 2.05) is 25.3 Å². The predicted molar refractivity (Wildman–Crippen MR) is 81.7 cm³/mol. The first-order chi connectivity index (χ1) is 9.63. The molecule has 0 atom stereocenters. The van der Waals surface area contributed by atoms with Crippen LogP contribution >= 0.6 is 11.3 Å². The number of nitrogens with one attached hydrogen (secondary N) is 2. The molecule has 5 nitrogen and oxygen atoms in total. The van der Waals surface area contributed by atoms with E-state index in [1.54, 1.807) is 17.4 Å². The highest BCUT2D eigenvalue weighted by atomic mass is 32.1. The maximum absolute atomic E-state index is 12.2. The Labute approximate surface area is 122 Å². The van der Waals surface area contributed by atoms with E-state index in [1.165, 1.54) is 4.88 Å². The molecular formula is C14H18N4OS. The van der Waals surface area contributed by atoms with Gasteiger partial charge in [0.15, 0.2) is 0 Å². The molecule has 0 bridgehead atoms. The highest BCUT2D eigenvalue weighted by Gasteiger charge is 2.11. The number of hydrogen-bond acceptors (Lipinski definition) is 5. The van der Waals surface area contributed by atoms with Crippen LogP contribution in [0.5, 0.6) is 0 Å². The number of hydrazine groups is 1. The molecule has 0 aliphatic carbocycles. The Morgan fingerprint density at radius 2 is 2.25 bits per heavy atom. The molecule has 2 aromatic rings. The number of thiazole rings is 1. The number of aromatic nitrogens is 1. The molecule has 106 valence electrons. The van der Waals surface area contributed by atoms with Crippen molar-refractivity contribution in [1.29, 1.82) is 0 Å². The van der Waals surface area contributed by atoms with Crippen molar-refractivity contribution < 1.29 is 4.79 Å². The fourth-order valence-corrected chi connectivity index (χ4v) is 2.62. The molecule has 2 rings (SSSR count). The molecule has 0 aliphatic heterocycles. The second-order valence-corrected chi connectivity index (χ2v) is 5.65. The molecule has 1 aromatic heterocycles. The second-order valence-electron chi connectivity index (χ2n) is 4.45. The molecule has 0 fully saturated rings. The first-order valence-corrected chi connectivity index (χ1v) is 7.24. The molecule has 0 saturated heterocycles. The molecule has 1 amide bonds. The molecule has 0 radical (unpaired) electrons. The number of benzene rings is 1. The third kappa shape index (κ3) is 3.34. The van der Waals surface area contributed by atoms with E-state index in [9.17, 15) is 4.79 Å². The van der Waals surface area contributed by atoms with Gasteiger partial charge in [-0.05, 0) is 31.0 Å². The topological polar surface area (TPSA) is 80.0 Å². The lowest BCUT2D eigenvalue weighted by molar-refractivity contribution is 0.0951. The monoisotopic (exact) mass is 290 g/mol. The third-order valence-electron chi connectivity index (χ3n) is 2.93. The summed E-state index contributed by atoms with van der Waals surface area (Å²) in [5.74, 6) is 5.28. The van der Waals surface area contributed by atoms with Gasteiger partial charge in [-0.15, -0.1) is 11.3 Å². The molecule has 0 aliphatic rings. The summed E-state index contributed by atoms with van der Waals surface area (Å²) in [6.07, 6.45) is 2.82. The van der Waals surface area contributed by atoms with E-state index in [2.05, 4.69) is 22.7 Å². The number of carbonyl (C=O) groups excluding carboxylic acids is 1. The molecule has 20 heavy (non-hydrogen) atoms. The van der Waals surface area contributed by atoms with Crippen molar-refractivity contribution in [2.75, 3.05) is 5.43 Å². The standard InChI is InChI=1S/C14H18N4OS/c1-3-10-7-16-13(20-10)8-17-14(19)11-5-4-9(2)6-12(11)18-15/h4-7,18H,3,8,15H2,1-2H3,(H,17,19). The van der Waals surface area contributed by atoms with Crippen molar-refractivity contribution in [2.24, 2.45) is 5.84 Å². The van der Waals surface area contributed by atoms with Gasteiger partial charge in [0.2, 0.25) is 0 Å². The van der Waals surface area contributed by atoms with E-state index >= 15 is 0 Å². The van der Waals surface area contributed by atoms with Crippen LogP contribution in [0.1, 0.15) is 32.7 Å². The Balaban J connectivity index is 2.04. The number of hydrogen-bond donors (Lipinski definition) is 3. The van der Waals surface area contributed by atoms with Crippen molar-refractivity contribution in [3.05, 3.63) is 45.4 Å². The molecule has 1 heterocycles. The average molecular weight is 290 g/mol.